The molecule has 1 heterocycles. The Balaban J connectivity index is 1.39. The summed E-state index contributed by atoms with van der Waals surface area (Å²) in [7, 11) is 0. The van der Waals surface area contributed by atoms with Gasteiger partial charge in [0.05, 0.1) is 26.2 Å². The summed E-state index contributed by atoms with van der Waals surface area (Å²) in [5.74, 6) is -1.31. The summed E-state index contributed by atoms with van der Waals surface area (Å²) >= 11 is 9.74. The van der Waals surface area contributed by atoms with E-state index >= 15 is 0 Å². The lowest BCUT2D eigenvalue weighted by molar-refractivity contribution is -0.384. The van der Waals surface area contributed by atoms with Crippen LogP contribution in [0.1, 0.15) is 32.0 Å². The molecule has 3 aromatic carbocycles. The first-order valence-electron chi connectivity index (χ1n) is 10.2. The molecule has 0 aliphatic carbocycles. The summed E-state index contributed by atoms with van der Waals surface area (Å²) in [4.78, 5) is 33.7. The van der Waals surface area contributed by atoms with Gasteiger partial charge in [-0.2, -0.15) is 5.10 Å². The molecular formula is C24H15BrClN3O7. The number of non-ortho nitro benzene ring substituents is 1. The van der Waals surface area contributed by atoms with Gasteiger partial charge in [-0.1, -0.05) is 23.7 Å². The highest BCUT2D eigenvalue weighted by atomic mass is 79.9. The van der Waals surface area contributed by atoms with Crippen molar-refractivity contribution in [3.63, 3.8) is 0 Å². The zero-order valence-electron chi connectivity index (χ0n) is 18.1. The van der Waals surface area contributed by atoms with Gasteiger partial charge in [0, 0.05) is 17.5 Å². The standard InChI is InChI=1S/C24H15BrClN3O7/c25-18-7-14(8-19(26)22(18)35-12-13-1-3-15(4-2-13)24(31)32)11-27-28-23(30)21-10-16-9-17(29(33)34)5-6-20(16)36-21/h1-11H,12H2,(H,28,30)(H,31,32)/b27-11+. The van der Waals surface area contributed by atoms with Crippen LogP contribution in [0.2, 0.25) is 5.02 Å². The van der Waals surface area contributed by atoms with Crippen LogP contribution in [0.5, 0.6) is 5.75 Å². The van der Waals surface area contributed by atoms with Gasteiger partial charge in [-0.05, 0) is 63.5 Å². The minimum absolute atomic E-state index is 0.0537. The molecular weight excluding hydrogens is 558 g/mol. The van der Waals surface area contributed by atoms with E-state index in [1.165, 1.54) is 42.6 Å². The summed E-state index contributed by atoms with van der Waals surface area (Å²) in [5.41, 5.74) is 4.05. The van der Waals surface area contributed by atoms with E-state index in [4.69, 9.17) is 25.9 Å². The smallest absolute Gasteiger partial charge is 0.335 e. The van der Waals surface area contributed by atoms with Crippen LogP contribution in [-0.2, 0) is 6.61 Å². The van der Waals surface area contributed by atoms with Crippen molar-refractivity contribution in [2.75, 3.05) is 0 Å². The maximum Gasteiger partial charge on any atom is 0.335 e. The molecule has 0 fully saturated rings. The Labute approximate surface area is 216 Å². The van der Waals surface area contributed by atoms with Crippen molar-refractivity contribution in [2.24, 2.45) is 5.10 Å². The topological polar surface area (TPSA) is 144 Å². The number of hydrogen-bond donors (Lipinski definition) is 2. The third-order valence-electron chi connectivity index (χ3n) is 4.92. The number of furan rings is 1. The number of nitro groups is 1. The van der Waals surface area contributed by atoms with Crippen LogP contribution < -0.4 is 10.2 Å². The molecule has 0 bridgehead atoms. The number of ether oxygens (including phenoxy) is 1. The average molecular weight is 573 g/mol. The van der Waals surface area contributed by atoms with Gasteiger partial charge in [-0.15, -0.1) is 0 Å². The lowest BCUT2D eigenvalue weighted by atomic mass is 10.1. The minimum Gasteiger partial charge on any atom is -0.486 e. The number of hydrazone groups is 1. The number of nitro benzene ring substituents is 1. The first kappa shape index (κ1) is 24.9. The van der Waals surface area contributed by atoms with Gasteiger partial charge in [-0.3, -0.25) is 14.9 Å². The molecule has 182 valence electrons. The maximum atomic E-state index is 12.3. The fourth-order valence-corrected chi connectivity index (χ4v) is 4.16. The fourth-order valence-electron chi connectivity index (χ4n) is 3.17. The van der Waals surface area contributed by atoms with Crippen LogP contribution in [-0.4, -0.2) is 28.1 Å². The van der Waals surface area contributed by atoms with Gasteiger partial charge in [-0.25, -0.2) is 10.2 Å². The predicted octanol–water partition coefficient (Wildman–Crippen LogP) is 5.80. The Kier molecular flexibility index (Phi) is 7.32. The minimum atomic E-state index is -1.01. The van der Waals surface area contributed by atoms with E-state index in [1.54, 1.807) is 24.3 Å². The van der Waals surface area contributed by atoms with Gasteiger partial charge in [0.15, 0.2) is 11.5 Å². The molecule has 12 heteroatoms. The normalized spacial score (nSPS) is 11.1. The highest BCUT2D eigenvalue weighted by Crippen LogP contribution is 2.34. The second-order valence-electron chi connectivity index (χ2n) is 7.39. The number of rotatable bonds is 8. The second-order valence-corrected chi connectivity index (χ2v) is 8.65. The number of aromatic carboxylic acids is 1. The molecule has 0 unspecified atom stereocenters. The molecule has 0 radical (unpaired) electrons. The number of halogens is 2. The summed E-state index contributed by atoms with van der Waals surface area (Å²) in [5, 5.41) is 24.5. The lowest BCUT2D eigenvalue weighted by Crippen LogP contribution is -2.16. The van der Waals surface area contributed by atoms with Crippen LogP contribution >= 0.6 is 27.5 Å². The van der Waals surface area contributed by atoms with Crippen molar-refractivity contribution < 1.29 is 28.8 Å². The molecule has 10 nitrogen and oxygen atoms in total. The van der Waals surface area contributed by atoms with Crippen LogP contribution in [0, 0.1) is 10.1 Å². The average Bonchev–Trinajstić information content (AvgIpc) is 3.27. The summed E-state index contributed by atoms with van der Waals surface area (Å²) in [6, 6.07) is 15.0. The Morgan fingerprint density at radius 3 is 2.58 bits per heavy atom. The van der Waals surface area contributed by atoms with E-state index < -0.39 is 16.8 Å². The molecule has 0 saturated heterocycles. The number of amides is 1. The number of carboxylic acids is 1. The molecule has 2 N–H and O–H groups in total. The lowest BCUT2D eigenvalue weighted by Gasteiger charge is -2.11. The molecule has 4 rings (SSSR count). The van der Waals surface area contributed by atoms with Crippen molar-refractivity contribution in [1.82, 2.24) is 5.43 Å². The van der Waals surface area contributed by atoms with Crippen molar-refractivity contribution in [3.8, 4) is 5.75 Å². The largest absolute Gasteiger partial charge is 0.486 e. The molecule has 36 heavy (non-hydrogen) atoms. The quantitative estimate of drug-likeness (QED) is 0.154. The van der Waals surface area contributed by atoms with Crippen LogP contribution in [0.25, 0.3) is 11.0 Å². The van der Waals surface area contributed by atoms with Gasteiger partial charge in [0.25, 0.3) is 5.69 Å². The molecule has 0 saturated carbocycles. The molecule has 1 amide bonds. The van der Waals surface area contributed by atoms with Gasteiger partial charge in [0.1, 0.15) is 12.2 Å². The summed E-state index contributed by atoms with van der Waals surface area (Å²) in [6.45, 7) is 0.169. The van der Waals surface area contributed by atoms with Crippen LogP contribution in [0.4, 0.5) is 5.69 Å². The molecule has 0 aliphatic heterocycles. The fraction of sp³-hybridized carbons (Fsp3) is 0.0417. The summed E-state index contributed by atoms with van der Waals surface area (Å²) < 4.78 is 11.7. The number of carboxylic acid groups (broad SMARTS) is 1. The Hall–Kier alpha value is -4.22. The first-order chi connectivity index (χ1) is 17.2. The third-order valence-corrected chi connectivity index (χ3v) is 5.79. The van der Waals surface area contributed by atoms with Gasteiger partial charge in [0.2, 0.25) is 0 Å². The number of fused-ring (bicyclic) bond motifs is 1. The van der Waals surface area contributed by atoms with Crippen molar-refractivity contribution >= 4 is 62.3 Å². The van der Waals surface area contributed by atoms with E-state index in [0.717, 1.165) is 5.56 Å². The molecule has 0 aliphatic rings. The maximum absolute atomic E-state index is 12.3. The van der Waals surface area contributed by atoms with E-state index in [9.17, 15) is 19.7 Å². The Bertz CT molecular complexity index is 1490. The number of benzene rings is 3. The second kappa shape index (κ2) is 10.6. The summed E-state index contributed by atoms with van der Waals surface area (Å²) in [6.07, 6.45) is 1.37. The number of carbonyl (C=O) groups is 2. The van der Waals surface area contributed by atoms with E-state index in [2.05, 4.69) is 26.5 Å². The number of nitrogens with zero attached hydrogens (tertiary/aromatic N) is 2. The monoisotopic (exact) mass is 571 g/mol. The zero-order valence-corrected chi connectivity index (χ0v) is 20.4. The van der Waals surface area contributed by atoms with Gasteiger partial charge < -0.3 is 14.3 Å². The van der Waals surface area contributed by atoms with Crippen molar-refractivity contribution in [1.29, 1.82) is 0 Å². The zero-order chi connectivity index (χ0) is 25.8. The SMILES string of the molecule is O=C(O)c1ccc(COc2c(Cl)cc(/C=N/NC(=O)c3cc4cc([N+](=O)[O-])ccc4o3)cc2Br)cc1. The van der Waals surface area contributed by atoms with E-state index in [0.29, 0.717) is 26.8 Å². The molecule has 0 atom stereocenters. The predicted molar refractivity (Wildman–Crippen MR) is 135 cm³/mol. The highest BCUT2D eigenvalue weighted by Gasteiger charge is 2.15. The van der Waals surface area contributed by atoms with Crippen molar-refractivity contribution in [2.45, 2.75) is 6.61 Å². The van der Waals surface area contributed by atoms with E-state index in [-0.39, 0.29) is 28.6 Å². The van der Waals surface area contributed by atoms with E-state index in [1.807, 2.05) is 0 Å². The highest BCUT2D eigenvalue weighted by molar-refractivity contribution is 9.10. The molecule has 1 aromatic heterocycles. The molecule has 4 aromatic rings. The third kappa shape index (κ3) is 5.70. The van der Waals surface area contributed by atoms with Gasteiger partial charge >= 0.3 is 11.9 Å². The first-order valence-corrected chi connectivity index (χ1v) is 11.3. The van der Waals surface area contributed by atoms with Crippen LogP contribution in [0.15, 0.2) is 74.7 Å². The Morgan fingerprint density at radius 2 is 1.92 bits per heavy atom. The van der Waals surface area contributed by atoms with Crippen molar-refractivity contribution in [3.05, 3.63) is 103 Å². The number of hydrogen-bond acceptors (Lipinski definition) is 7. The Morgan fingerprint density at radius 1 is 1.17 bits per heavy atom. The molecule has 0 spiro atoms. The number of nitrogens with one attached hydrogen (secondary N) is 1. The number of carbonyl (C=O) groups excluding carboxylic acids is 1. The van der Waals surface area contributed by atoms with Crippen LogP contribution in [0.3, 0.4) is 0 Å².